The monoisotopic (exact) mass is 480 g/mol. The van der Waals surface area contributed by atoms with Gasteiger partial charge in [0.1, 0.15) is 6.61 Å². The molecule has 0 aliphatic rings. The van der Waals surface area contributed by atoms with E-state index in [0.29, 0.717) is 44.8 Å². The highest BCUT2D eigenvalue weighted by atomic mass is 35.5. The molecule has 3 rings (SSSR count). The first-order chi connectivity index (χ1) is 14.9. The maximum atomic E-state index is 12.3. The zero-order valence-corrected chi connectivity index (χ0v) is 19.6. The van der Waals surface area contributed by atoms with Crippen LogP contribution in [0.4, 0.5) is 5.69 Å². The standard InChI is InChI=1S/C21H22Cl2N4O3S/c1-4-27-19(11-30-17-8-5-13(2)9-18(17)29-3)25-26-21(27)31-12-20(28)24-14-6-7-15(22)16(23)10-14/h5-10H,4,11-12H2,1-3H3,(H,24,28). The van der Waals surface area contributed by atoms with E-state index in [1.807, 2.05) is 36.6 Å². The van der Waals surface area contributed by atoms with Crippen molar-refractivity contribution in [3.63, 3.8) is 0 Å². The van der Waals surface area contributed by atoms with Gasteiger partial charge in [-0.25, -0.2) is 0 Å². The average molecular weight is 481 g/mol. The van der Waals surface area contributed by atoms with E-state index < -0.39 is 0 Å². The number of rotatable bonds is 9. The number of carbonyl (C=O) groups is 1. The Morgan fingerprint density at radius 2 is 1.94 bits per heavy atom. The molecular formula is C21H22Cl2N4O3S. The van der Waals surface area contributed by atoms with Crippen LogP contribution < -0.4 is 14.8 Å². The Labute approximate surface area is 195 Å². The van der Waals surface area contributed by atoms with Crippen molar-refractivity contribution in [1.29, 1.82) is 0 Å². The second-order valence-electron chi connectivity index (χ2n) is 6.55. The summed E-state index contributed by atoms with van der Waals surface area (Å²) < 4.78 is 13.2. The van der Waals surface area contributed by atoms with Crippen molar-refractivity contribution >= 4 is 46.6 Å². The van der Waals surface area contributed by atoms with Gasteiger partial charge in [-0.1, -0.05) is 41.0 Å². The molecule has 2 aromatic carbocycles. The van der Waals surface area contributed by atoms with Crippen LogP contribution in [-0.2, 0) is 17.9 Å². The lowest BCUT2D eigenvalue weighted by Gasteiger charge is -2.12. The van der Waals surface area contributed by atoms with Gasteiger partial charge >= 0.3 is 0 Å². The van der Waals surface area contributed by atoms with Crippen LogP contribution in [0.1, 0.15) is 18.3 Å². The molecule has 10 heteroatoms. The fraction of sp³-hybridized carbons (Fsp3) is 0.286. The highest BCUT2D eigenvalue weighted by Crippen LogP contribution is 2.29. The summed E-state index contributed by atoms with van der Waals surface area (Å²) in [6, 6.07) is 10.7. The molecule has 1 amide bonds. The van der Waals surface area contributed by atoms with Crippen molar-refractivity contribution < 1.29 is 14.3 Å². The van der Waals surface area contributed by atoms with Crippen molar-refractivity contribution in [2.24, 2.45) is 0 Å². The Morgan fingerprint density at radius 1 is 1.13 bits per heavy atom. The third kappa shape index (κ3) is 6.06. The third-order valence-corrected chi connectivity index (χ3v) is 6.03. The summed E-state index contributed by atoms with van der Waals surface area (Å²) in [6.07, 6.45) is 0. The van der Waals surface area contributed by atoms with Crippen molar-refractivity contribution in [3.8, 4) is 11.5 Å². The third-order valence-electron chi connectivity index (χ3n) is 4.32. The van der Waals surface area contributed by atoms with Crippen LogP contribution in [0.3, 0.4) is 0 Å². The predicted molar refractivity (Wildman–Crippen MR) is 124 cm³/mol. The Balaban J connectivity index is 1.60. The van der Waals surface area contributed by atoms with E-state index in [-0.39, 0.29) is 18.3 Å². The van der Waals surface area contributed by atoms with E-state index in [2.05, 4.69) is 15.5 Å². The first kappa shape index (κ1) is 23.2. The van der Waals surface area contributed by atoms with Gasteiger partial charge in [0.25, 0.3) is 0 Å². The Morgan fingerprint density at radius 3 is 2.65 bits per heavy atom. The summed E-state index contributed by atoms with van der Waals surface area (Å²) in [6.45, 7) is 4.85. The average Bonchev–Trinajstić information content (AvgIpc) is 3.15. The van der Waals surface area contributed by atoms with Gasteiger partial charge in [-0.15, -0.1) is 10.2 Å². The molecular weight excluding hydrogens is 459 g/mol. The van der Waals surface area contributed by atoms with Gasteiger partial charge in [0.15, 0.2) is 22.5 Å². The van der Waals surface area contributed by atoms with Crippen LogP contribution >= 0.6 is 35.0 Å². The number of amides is 1. The number of benzene rings is 2. The second kappa shape index (κ2) is 10.7. The van der Waals surface area contributed by atoms with Crippen molar-refractivity contribution in [2.75, 3.05) is 18.2 Å². The van der Waals surface area contributed by atoms with E-state index in [9.17, 15) is 4.79 Å². The molecule has 1 heterocycles. The predicted octanol–water partition coefficient (Wildman–Crippen LogP) is 5.23. The molecule has 164 valence electrons. The lowest BCUT2D eigenvalue weighted by Crippen LogP contribution is -2.15. The fourth-order valence-corrected chi connectivity index (χ4v) is 3.91. The maximum Gasteiger partial charge on any atom is 0.234 e. The normalized spacial score (nSPS) is 10.7. The summed E-state index contributed by atoms with van der Waals surface area (Å²) in [7, 11) is 1.61. The summed E-state index contributed by atoms with van der Waals surface area (Å²) in [5.74, 6) is 1.95. The van der Waals surface area contributed by atoms with Crippen LogP contribution in [0, 0.1) is 6.92 Å². The lowest BCUT2D eigenvalue weighted by atomic mass is 10.2. The number of thioether (sulfide) groups is 1. The number of aromatic nitrogens is 3. The molecule has 0 spiro atoms. The molecule has 1 aromatic heterocycles. The van der Waals surface area contributed by atoms with Gasteiger partial charge in [-0.2, -0.15) is 0 Å². The minimum absolute atomic E-state index is 0.172. The van der Waals surface area contributed by atoms with Crippen molar-refractivity contribution in [2.45, 2.75) is 32.2 Å². The van der Waals surface area contributed by atoms with Crippen LogP contribution in [0.5, 0.6) is 11.5 Å². The Kier molecular flexibility index (Phi) is 8.06. The van der Waals surface area contributed by atoms with Gasteiger partial charge in [0, 0.05) is 12.2 Å². The minimum atomic E-state index is -0.184. The molecule has 7 nitrogen and oxygen atoms in total. The number of ether oxygens (including phenoxy) is 2. The van der Waals surface area contributed by atoms with Crippen LogP contribution in [0.25, 0.3) is 0 Å². The molecule has 0 aliphatic carbocycles. The van der Waals surface area contributed by atoms with Crippen molar-refractivity contribution in [3.05, 3.63) is 57.8 Å². The molecule has 0 bridgehead atoms. The largest absolute Gasteiger partial charge is 0.493 e. The van der Waals surface area contributed by atoms with E-state index in [0.717, 1.165) is 5.56 Å². The van der Waals surface area contributed by atoms with Crippen LogP contribution in [-0.4, -0.2) is 33.5 Å². The molecule has 0 atom stereocenters. The smallest absolute Gasteiger partial charge is 0.234 e. The fourth-order valence-electron chi connectivity index (χ4n) is 2.79. The van der Waals surface area contributed by atoms with E-state index in [1.54, 1.807) is 25.3 Å². The quantitative estimate of drug-likeness (QED) is 0.422. The topological polar surface area (TPSA) is 78.3 Å². The molecule has 1 N–H and O–H groups in total. The number of nitrogens with one attached hydrogen (secondary N) is 1. The van der Waals surface area contributed by atoms with Gasteiger partial charge in [-0.3, -0.25) is 4.79 Å². The highest BCUT2D eigenvalue weighted by Gasteiger charge is 2.15. The molecule has 0 aliphatic heterocycles. The van der Waals surface area contributed by atoms with Gasteiger partial charge in [0.2, 0.25) is 5.91 Å². The molecule has 31 heavy (non-hydrogen) atoms. The van der Waals surface area contributed by atoms with Gasteiger partial charge in [-0.05, 0) is 49.7 Å². The number of nitrogens with zero attached hydrogens (tertiary/aromatic N) is 3. The number of aryl methyl sites for hydroxylation is 1. The maximum absolute atomic E-state index is 12.3. The number of methoxy groups -OCH3 is 1. The number of halogens is 2. The summed E-state index contributed by atoms with van der Waals surface area (Å²) >= 11 is 13.2. The number of carbonyl (C=O) groups excluding carboxylic acids is 1. The molecule has 0 radical (unpaired) electrons. The molecule has 0 unspecified atom stereocenters. The summed E-state index contributed by atoms with van der Waals surface area (Å²) in [5, 5.41) is 12.7. The van der Waals surface area contributed by atoms with Crippen molar-refractivity contribution in [1.82, 2.24) is 14.8 Å². The Hall–Kier alpha value is -2.42. The van der Waals surface area contributed by atoms with Crippen LogP contribution in [0.15, 0.2) is 41.6 Å². The number of hydrogen-bond donors (Lipinski definition) is 1. The summed E-state index contributed by atoms with van der Waals surface area (Å²) in [4.78, 5) is 12.3. The molecule has 3 aromatic rings. The molecule has 0 saturated carbocycles. The number of anilines is 1. The van der Waals surface area contributed by atoms with E-state index >= 15 is 0 Å². The minimum Gasteiger partial charge on any atom is -0.493 e. The van der Waals surface area contributed by atoms with E-state index in [4.69, 9.17) is 32.7 Å². The number of hydrogen-bond acceptors (Lipinski definition) is 6. The summed E-state index contributed by atoms with van der Waals surface area (Å²) in [5.41, 5.74) is 1.66. The van der Waals surface area contributed by atoms with Gasteiger partial charge in [0.05, 0.1) is 22.9 Å². The first-order valence-corrected chi connectivity index (χ1v) is 11.2. The first-order valence-electron chi connectivity index (χ1n) is 9.48. The molecule has 0 saturated heterocycles. The zero-order chi connectivity index (χ0) is 22.4. The Bertz CT molecular complexity index is 1070. The zero-order valence-electron chi connectivity index (χ0n) is 17.3. The SMILES string of the molecule is CCn1c(COc2ccc(C)cc2OC)nnc1SCC(=O)Nc1ccc(Cl)c(Cl)c1. The second-order valence-corrected chi connectivity index (χ2v) is 8.31. The van der Waals surface area contributed by atoms with Crippen LogP contribution in [0.2, 0.25) is 10.0 Å². The molecule has 0 fully saturated rings. The lowest BCUT2D eigenvalue weighted by molar-refractivity contribution is -0.113. The van der Waals surface area contributed by atoms with E-state index in [1.165, 1.54) is 11.8 Å². The van der Waals surface area contributed by atoms with Gasteiger partial charge < -0.3 is 19.4 Å². The highest BCUT2D eigenvalue weighted by molar-refractivity contribution is 7.99.